The molecule has 158 valence electrons. The van der Waals surface area contributed by atoms with Gasteiger partial charge in [0, 0.05) is 31.3 Å². The van der Waals surface area contributed by atoms with Crippen LogP contribution in [0.2, 0.25) is 0 Å². The van der Waals surface area contributed by atoms with Crippen molar-refractivity contribution in [2.45, 2.75) is 19.0 Å². The summed E-state index contributed by atoms with van der Waals surface area (Å²) >= 11 is 0. The predicted molar refractivity (Wildman–Crippen MR) is 108 cm³/mol. The molecule has 1 atom stereocenters. The van der Waals surface area contributed by atoms with Gasteiger partial charge in [0.15, 0.2) is 23.0 Å². The van der Waals surface area contributed by atoms with E-state index in [2.05, 4.69) is 10.6 Å². The number of ether oxygens (including phenoxy) is 4. The van der Waals surface area contributed by atoms with Gasteiger partial charge in [-0.05, 0) is 29.8 Å². The molecular weight excluding hydrogens is 390 g/mol. The second-order valence-corrected chi connectivity index (χ2v) is 6.96. The Morgan fingerprint density at radius 2 is 1.90 bits per heavy atom. The minimum absolute atomic E-state index is 0.0664. The highest BCUT2D eigenvalue weighted by molar-refractivity contribution is 5.97. The summed E-state index contributed by atoms with van der Waals surface area (Å²) in [6.45, 7) is 0.924. The number of fused-ring (bicyclic) bond motifs is 1. The third-order valence-corrected chi connectivity index (χ3v) is 5.03. The largest absolute Gasteiger partial charge is 0.493 e. The van der Waals surface area contributed by atoms with Crippen LogP contribution in [0.25, 0.3) is 0 Å². The zero-order valence-corrected chi connectivity index (χ0v) is 16.8. The molecule has 9 nitrogen and oxygen atoms in total. The van der Waals surface area contributed by atoms with Crippen molar-refractivity contribution in [3.05, 3.63) is 42.0 Å². The molecule has 2 heterocycles. The minimum atomic E-state index is -0.334. The fourth-order valence-corrected chi connectivity index (χ4v) is 3.52. The van der Waals surface area contributed by atoms with Gasteiger partial charge < -0.3 is 34.5 Å². The standard InChI is InChI=1S/C21H23N3O6/c1-27-16-6-4-15(9-18(16)28-2)24-11-14(8-20(24)25)23-21(26)22-10-13-3-5-17-19(7-13)30-12-29-17/h3-7,9,14H,8,10-12H2,1-2H3,(H2,22,23,26)/t14-/m1/s1. The van der Waals surface area contributed by atoms with Crippen LogP contribution in [-0.2, 0) is 11.3 Å². The SMILES string of the molecule is COc1ccc(N2C[C@H](NC(=O)NCc3ccc4c(c3)OCO4)CC2=O)cc1OC. The van der Waals surface area contributed by atoms with Gasteiger partial charge in [0.2, 0.25) is 12.7 Å². The molecule has 30 heavy (non-hydrogen) atoms. The summed E-state index contributed by atoms with van der Waals surface area (Å²) in [6.07, 6.45) is 0.228. The van der Waals surface area contributed by atoms with Crippen LogP contribution in [0.3, 0.4) is 0 Å². The first-order chi connectivity index (χ1) is 14.6. The molecule has 2 aromatic rings. The molecule has 0 unspecified atom stereocenters. The van der Waals surface area contributed by atoms with Gasteiger partial charge in [-0.2, -0.15) is 0 Å². The Morgan fingerprint density at radius 3 is 2.70 bits per heavy atom. The van der Waals surface area contributed by atoms with Gasteiger partial charge in [-0.3, -0.25) is 4.79 Å². The number of rotatable bonds is 6. The van der Waals surface area contributed by atoms with Gasteiger partial charge in [0.1, 0.15) is 0 Å². The number of carbonyl (C=O) groups is 2. The lowest BCUT2D eigenvalue weighted by Crippen LogP contribution is -2.43. The molecule has 2 N–H and O–H groups in total. The Kier molecular flexibility index (Phi) is 5.51. The number of hydrogen-bond donors (Lipinski definition) is 2. The monoisotopic (exact) mass is 413 g/mol. The molecule has 0 spiro atoms. The van der Waals surface area contributed by atoms with Crippen molar-refractivity contribution in [2.24, 2.45) is 0 Å². The molecule has 0 bridgehead atoms. The quantitative estimate of drug-likeness (QED) is 0.752. The summed E-state index contributed by atoms with van der Waals surface area (Å²) in [5.41, 5.74) is 1.59. The van der Waals surface area contributed by atoms with E-state index in [0.29, 0.717) is 41.8 Å². The van der Waals surface area contributed by atoms with Crippen LogP contribution < -0.4 is 34.5 Å². The van der Waals surface area contributed by atoms with E-state index in [9.17, 15) is 9.59 Å². The van der Waals surface area contributed by atoms with E-state index < -0.39 is 0 Å². The van der Waals surface area contributed by atoms with Crippen molar-refractivity contribution >= 4 is 17.6 Å². The van der Waals surface area contributed by atoms with E-state index in [1.807, 2.05) is 18.2 Å². The lowest BCUT2D eigenvalue weighted by atomic mass is 10.2. The number of anilines is 1. The van der Waals surface area contributed by atoms with Gasteiger partial charge in [0.05, 0.1) is 20.3 Å². The third kappa shape index (κ3) is 4.05. The normalized spacial score (nSPS) is 17.1. The van der Waals surface area contributed by atoms with Crippen LogP contribution in [0.5, 0.6) is 23.0 Å². The van der Waals surface area contributed by atoms with E-state index in [-0.39, 0.29) is 31.2 Å². The summed E-state index contributed by atoms with van der Waals surface area (Å²) in [5.74, 6) is 2.43. The van der Waals surface area contributed by atoms with Crippen molar-refractivity contribution in [2.75, 3.05) is 32.5 Å². The lowest BCUT2D eigenvalue weighted by molar-refractivity contribution is -0.117. The number of methoxy groups -OCH3 is 2. The van der Waals surface area contributed by atoms with Gasteiger partial charge in [-0.25, -0.2) is 4.79 Å². The van der Waals surface area contributed by atoms with Crippen LogP contribution >= 0.6 is 0 Å². The first-order valence-electron chi connectivity index (χ1n) is 9.52. The summed E-state index contributed by atoms with van der Waals surface area (Å²) < 4.78 is 21.2. The zero-order valence-electron chi connectivity index (χ0n) is 16.8. The maximum absolute atomic E-state index is 12.5. The summed E-state index contributed by atoms with van der Waals surface area (Å²) in [6, 6.07) is 10.2. The average Bonchev–Trinajstić information content (AvgIpc) is 3.37. The molecular formula is C21H23N3O6. The van der Waals surface area contributed by atoms with Crippen LogP contribution in [-0.4, -0.2) is 45.5 Å². The van der Waals surface area contributed by atoms with Crippen molar-refractivity contribution in [3.8, 4) is 23.0 Å². The smallest absolute Gasteiger partial charge is 0.315 e. The van der Waals surface area contributed by atoms with E-state index >= 15 is 0 Å². The summed E-state index contributed by atoms with van der Waals surface area (Å²) in [7, 11) is 3.10. The molecule has 4 rings (SSSR count). The Labute approximate surface area is 173 Å². The van der Waals surface area contributed by atoms with Crippen molar-refractivity contribution in [1.82, 2.24) is 10.6 Å². The average molecular weight is 413 g/mol. The molecule has 2 aromatic carbocycles. The van der Waals surface area contributed by atoms with Gasteiger partial charge in [-0.15, -0.1) is 0 Å². The number of hydrogen-bond acceptors (Lipinski definition) is 6. The molecule has 0 saturated carbocycles. The number of nitrogens with one attached hydrogen (secondary N) is 2. The maximum Gasteiger partial charge on any atom is 0.315 e. The number of nitrogens with zero attached hydrogens (tertiary/aromatic N) is 1. The maximum atomic E-state index is 12.5. The minimum Gasteiger partial charge on any atom is -0.493 e. The Hall–Kier alpha value is -3.62. The van der Waals surface area contributed by atoms with Crippen molar-refractivity contribution < 1.29 is 28.5 Å². The second-order valence-electron chi connectivity index (χ2n) is 6.96. The molecule has 0 aromatic heterocycles. The van der Waals surface area contributed by atoms with Crippen LogP contribution in [0.4, 0.5) is 10.5 Å². The van der Waals surface area contributed by atoms with Crippen molar-refractivity contribution in [3.63, 3.8) is 0 Å². The first kappa shape index (κ1) is 19.7. The lowest BCUT2D eigenvalue weighted by Gasteiger charge is -2.19. The molecule has 9 heteroatoms. The number of benzene rings is 2. The molecule has 2 aliphatic rings. The fraction of sp³-hybridized carbons (Fsp3) is 0.333. The zero-order chi connectivity index (χ0) is 21.1. The number of carbonyl (C=O) groups excluding carboxylic acids is 2. The first-order valence-corrected chi connectivity index (χ1v) is 9.52. The molecule has 0 radical (unpaired) electrons. The molecule has 0 aliphatic carbocycles. The van der Waals surface area contributed by atoms with E-state index in [0.717, 1.165) is 5.56 Å². The Morgan fingerprint density at radius 1 is 1.10 bits per heavy atom. The van der Waals surface area contributed by atoms with E-state index in [1.54, 1.807) is 37.3 Å². The molecule has 1 saturated heterocycles. The second kappa shape index (κ2) is 8.40. The van der Waals surface area contributed by atoms with E-state index in [1.165, 1.54) is 0 Å². The highest BCUT2D eigenvalue weighted by atomic mass is 16.7. The molecule has 1 fully saturated rings. The van der Waals surface area contributed by atoms with Crippen LogP contribution in [0, 0.1) is 0 Å². The summed E-state index contributed by atoms with van der Waals surface area (Å²) in [5, 5.41) is 5.67. The number of amides is 3. The Balaban J connectivity index is 1.32. The van der Waals surface area contributed by atoms with Crippen molar-refractivity contribution in [1.29, 1.82) is 0 Å². The van der Waals surface area contributed by atoms with Crippen LogP contribution in [0.1, 0.15) is 12.0 Å². The van der Waals surface area contributed by atoms with E-state index in [4.69, 9.17) is 18.9 Å². The number of urea groups is 1. The van der Waals surface area contributed by atoms with Crippen LogP contribution in [0.15, 0.2) is 36.4 Å². The fourth-order valence-electron chi connectivity index (χ4n) is 3.52. The van der Waals surface area contributed by atoms with Gasteiger partial charge in [0.25, 0.3) is 0 Å². The third-order valence-electron chi connectivity index (χ3n) is 5.03. The predicted octanol–water partition coefficient (Wildman–Crippen LogP) is 2.04. The molecule has 3 amide bonds. The topological polar surface area (TPSA) is 98.4 Å². The highest BCUT2D eigenvalue weighted by Gasteiger charge is 2.32. The van der Waals surface area contributed by atoms with Gasteiger partial charge in [-0.1, -0.05) is 6.07 Å². The molecule has 2 aliphatic heterocycles. The Bertz CT molecular complexity index is 964. The summed E-state index contributed by atoms with van der Waals surface area (Å²) in [4.78, 5) is 26.4. The van der Waals surface area contributed by atoms with Gasteiger partial charge >= 0.3 is 6.03 Å². The highest BCUT2D eigenvalue weighted by Crippen LogP contribution is 2.33.